The smallest absolute Gasteiger partial charge is 0.326 e. The van der Waals surface area contributed by atoms with Crippen molar-refractivity contribution in [2.24, 2.45) is 5.92 Å². The number of nitrogens with zero attached hydrogens (tertiary/aromatic N) is 1. The van der Waals surface area contributed by atoms with Crippen molar-refractivity contribution in [3.05, 3.63) is 12.7 Å². The molecular formula is C15H24N2O4. The van der Waals surface area contributed by atoms with E-state index in [1.165, 1.54) is 17.9 Å². The second kappa shape index (κ2) is 6.74. The monoisotopic (exact) mass is 296 g/mol. The minimum atomic E-state index is -1.05. The van der Waals surface area contributed by atoms with E-state index in [1.807, 2.05) is 13.8 Å². The summed E-state index contributed by atoms with van der Waals surface area (Å²) in [6, 6.07) is -0.922. The van der Waals surface area contributed by atoms with Crippen molar-refractivity contribution < 1.29 is 19.5 Å². The lowest BCUT2D eigenvalue weighted by Crippen LogP contribution is -2.59. The van der Waals surface area contributed by atoms with Crippen LogP contribution >= 0.6 is 0 Å². The van der Waals surface area contributed by atoms with Crippen molar-refractivity contribution in [3.63, 3.8) is 0 Å². The van der Waals surface area contributed by atoms with Crippen molar-refractivity contribution in [2.45, 2.75) is 51.6 Å². The molecule has 6 heteroatoms. The molecule has 0 aromatic carbocycles. The SMILES string of the molecule is C=CC[C@@H](C(=O)O)N1CC[C@](NC(C)=O)(C(C)CC)C1=O. The van der Waals surface area contributed by atoms with Crippen LogP contribution in [0.5, 0.6) is 0 Å². The maximum absolute atomic E-state index is 12.8. The second-order valence-electron chi connectivity index (χ2n) is 5.59. The number of amides is 2. The fraction of sp³-hybridized carbons (Fsp3) is 0.667. The van der Waals surface area contributed by atoms with Gasteiger partial charge in [-0.3, -0.25) is 9.59 Å². The number of carboxylic acids is 1. The zero-order valence-corrected chi connectivity index (χ0v) is 12.9. The molecule has 1 fully saturated rings. The van der Waals surface area contributed by atoms with E-state index in [0.717, 1.165) is 6.42 Å². The van der Waals surface area contributed by atoms with Crippen LogP contribution < -0.4 is 5.32 Å². The Morgan fingerprint density at radius 1 is 1.57 bits per heavy atom. The summed E-state index contributed by atoms with van der Waals surface area (Å²) in [6.07, 6.45) is 2.84. The van der Waals surface area contributed by atoms with Gasteiger partial charge in [-0.1, -0.05) is 26.3 Å². The Bertz CT molecular complexity index is 449. The highest BCUT2D eigenvalue weighted by Gasteiger charge is 2.52. The minimum Gasteiger partial charge on any atom is -0.480 e. The van der Waals surface area contributed by atoms with Gasteiger partial charge in [0.2, 0.25) is 11.8 Å². The van der Waals surface area contributed by atoms with Gasteiger partial charge in [-0.05, 0) is 18.8 Å². The maximum Gasteiger partial charge on any atom is 0.326 e. The standard InChI is InChI=1S/C15H24N2O4/c1-5-7-12(13(19)20)17-9-8-15(14(17)21,10(3)6-2)16-11(4)18/h5,10,12H,1,6-9H2,2-4H3,(H,16,18)(H,19,20)/t10?,12-,15-/m0/s1. The molecule has 0 saturated carbocycles. The summed E-state index contributed by atoms with van der Waals surface area (Å²) in [4.78, 5) is 37.0. The van der Waals surface area contributed by atoms with Gasteiger partial charge in [-0.15, -0.1) is 6.58 Å². The van der Waals surface area contributed by atoms with Crippen LogP contribution in [0.4, 0.5) is 0 Å². The summed E-state index contributed by atoms with van der Waals surface area (Å²) >= 11 is 0. The molecular weight excluding hydrogens is 272 g/mol. The Labute approximate surface area is 125 Å². The molecule has 3 atom stereocenters. The van der Waals surface area contributed by atoms with E-state index in [2.05, 4.69) is 11.9 Å². The Morgan fingerprint density at radius 2 is 2.19 bits per heavy atom. The molecule has 0 aromatic rings. The molecule has 2 N–H and O–H groups in total. The predicted octanol–water partition coefficient (Wildman–Crippen LogP) is 1.17. The Hall–Kier alpha value is -1.85. The highest BCUT2D eigenvalue weighted by atomic mass is 16.4. The summed E-state index contributed by atoms with van der Waals surface area (Å²) in [5.41, 5.74) is -0.991. The van der Waals surface area contributed by atoms with E-state index in [4.69, 9.17) is 0 Å². The number of nitrogens with one attached hydrogen (secondary N) is 1. The van der Waals surface area contributed by atoms with Gasteiger partial charge in [0.15, 0.2) is 0 Å². The van der Waals surface area contributed by atoms with Gasteiger partial charge in [0.25, 0.3) is 0 Å². The van der Waals surface area contributed by atoms with Crippen LogP contribution in [0.1, 0.15) is 40.0 Å². The molecule has 0 aromatic heterocycles. The average molecular weight is 296 g/mol. The molecule has 1 unspecified atom stereocenters. The van der Waals surface area contributed by atoms with Crippen molar-refractivity contribution in [1.29, 1.82) is 0 Å². The van der Waals surface area contributed by atoms with E-state index in [1.54, 1.807) is 0 Å². The van der Waals surface area contributed by atoms with Gasteiger partial charge in [0.05, 0.1) is 0 Å². The lowest BCUT2D eigenvalue weighted by Gasteiger charge is -2.35. The van der Waals surface area contributed by atoms with Crippen LogP contribution in [0.3, 0.4) is 0 Å². The van der Waals surface area contributed by atoms with Gasteiger partial charge >= 0.3 is 5.97 Å². The summed E-state index contributed by atoms with van der Waals surface area (Å²) in [5, 5.41) is 12.1. The summed E-state index contributed by atoms with van der Waals surface area (Å²) < 4.78 is 0. The second-order valence-corrected chi connectivity index (χ2v) is 5.59. The number of carboxylic acid groups (broad SMARTS) is 1. The van der Waals surface area contributed by atoms with Gasteiger partial charge < -0.3 is 15.3 Å². The molecule has 0 bridgehead atoms. The number of carbonyl (C=O) groups is 3. The average Bonchev–Trinajstić information content (AvgIpc) is 2.72. The number of carbonyl (C=O) groups excluding carboxylic acids is 2. The van der Waals surface area contributed by atoms with Crippen molar-refractivity contribution >= 4 is 17.8 Å². The first kappa shape index (κ1) is 17.2. The largest absolute Gasteiger partial charge is 0.480 e. The molecule has 21 heavy (non-hydrogen) atoms. The highest BCUT2D eigenvalue weighted by molar-refractivity contribution is 5.95. The van der Waals surface area contributed by atoms with E-state index < -0.39 is 17.6 Å². The van der Waals surface area contributed by atoms with E-state index in [9.17, 15) is 19.5 Å². The molecule has 0 radical (unpaired) electrons. The number of hydrogen-bond donors (Lipinski definition) is 2. The number of hydrogen-bond acceptors (Lipinski definition) is 3. The predicted molar refractivity (Wildman–Crippen MR) is 78.6 cm³/mol. The van der Waals surface area contributed by atoms with Crippen molar-refractivity contribution in [3.8, 4) is 0 Å². The molecule has 118 valence electrons. The van der Waals surface area contributed by atoms with Crippen LogP contribution in [-0.4, -0.2) is 45.9 Å². The molecule has 0 spiro atoms. The highest BCUT2D eigenvalue weighted by Crippen LogP contribution is 2.34. The zero-order valence-electron chi connectivity index (χ0n) is 12.9. The number of rotatable bonds is 7. The van der Waals surface area contributed by atoms with E-state index in [0.29, 0.717) is 13.0 Å². The fourth-order valence-corrected chi connectivity index (χ4v) is 2.94. The molecule has 1 heterocycles. The Kier molecular flexibility index (Phi) is 5.52. The number of aliphatic carboxylic acids is 1. The first-order valence-corrected chi connectivity index (χ1v) is 7.23. The van der Waals surface area contributed by atoms with Gasteiger partial charge in [0, 0.05) is 13.5 Å². The third-order valence-electron chi connectivity index (χ3n) is 4.29. The summed E-state index contributed by atoms with van der Waals surface area (Å²) in [6.45, 7) is 9.10. The van der Waals surface area contributed by atoms with Crippen molar-refractivity contribution in [2.75, 3.05) is 6.54 Å². The van der Waals surface area contributed by atoms with Gasteiger partial charge in [-0.25, -0.2) is 4.79 Å². The molecule has 2 amide bonds. The lowest BCUT2D eigenvalue weighted by atomic mass is 9.81. The normalized spacial score (nSPS) is 24.5. The zero-order chi connectivity index (χ0) is 16.2. The van der Waals surface area contributed by atoms with Crippen LogP contribution in [0.15, 0.2) is 12.7 Å². The fourth-order valence-electron chi connectivity index (χ4n) is 2.94. The minimum absolute atomic E-state index is 0.0583. The van der Waals surface area contributed by atoms with Gasteiger partial charge in [0.1, 0.15) is 11.6 Å². The van der Waals surface area contributed by atoms with E-state index in [-0.39, 0.29) is 24.2 Å². The molecule has 0 aliphatic carbocycles. The molecule has 1 aliphatic heterocycles. The number of likely N-dealkylation sites (tertiary alicyclic amines) is 1. The molecule has 1 rings (SSSR count). The topological polar surface area (TPSA) is 86.7 Å². The van der Waals surface area contributed by atoms with E-state index >= 15 is 0 Å². The van der Waals surface area contributed by atoms with Crippen LogP contribution in [-0.2, 0) is 14.4 Å². The molecule has 6 nitrogen and oxygen atoms in total. The van der Waals surface area contributed by atoms with Crippen molar-refractivity contribution in [1.82, 2.24) is 10.2 Å². The van der Waals surface area contributed by atoms with Gasteiger partial charge in [-0.2, -0.15) is 0 Å². The van der Waals surface area contributed by atoms with Crippen LogP contribution in [0, 0.1) is 5.92 Å². The summed E-state index contributed by atoms with van der Waals surface area (Å²) in [7, 11) is 0. The first-order valence-electron chi connectivity index (χ1n) is 7.23. The molecule has 1 aliphatic rings. The lowest BCUT2D eigenvalue weighted by molar-refractivity contribution is -0.150. The third kappa shape index (κ3) is 3.25. The first-order chi connectivity index (χ1) is 9.80. The Morgan fingerprint density at radius 3 is 2.62 bits per heavy atom. The maximum atomic E-state index is 12.8. The molecule has 1 saturated heterocycles. The Balaban J connectivity index is 3.11. The quantitative estimate of drug-likeness (QED) is 0.690. The van der Waals surface area contributed by atoms with Crippen LogP contribution in [0.25, 0.3) is 0 Å². The third-order valence-corrected chi connectivity index (χ3v) is 4.29. The van der Waals surface area contributed by atoms with Crippen LogP contribution in [0.2, 0.25) is 0 Å². The summed E-state index contributed by atoms with van der Waals surface area (Å²) in [5.74, 6) is -1.69.